The summed E-state index contributed by atoms with van der Waals surface area (Å²) >= 11 is 0. The van der Waals surface area contributed by atoms with Crippen molar-refractivity contribution in [2.75, 3.05) is 6.54 Å². The van der Waals surface area contributed by atoms with E-state index >= 15 is 0 Å². The first-order valence-electron chi connectivity index (χ1n) is 9.55. The summed E-state index contributed by atoms with van der Waals surface area (Å²) < 4.78 is 0. The average Bonchev–Trinajstić information content (AvgIpc) is 2.68. The minimum Gasteiger partial charge on any atom is -0.336 e. The second-order valence-electron chi connectivity index (χ2n) is 7.39. The molecule has 1 amide bonds. The Bertz CT molecular complexity index is 997. The maximum absolute atomic E-state index is 13.4. The molecule has 0 aliphatic carbocycles. The number of piperidine rings is 1. The molecular weight excluding hydrogens is 336 g/mol. The zero-order valence-corrected chi connectivity index (χ0v) is 16.1. The van der Waals surface area contributed by atoms with E-state index < -0.39 is 0 Å². The molecule has 27 heavy (non-hydrogen) atoms. The Morgan fingerprint density at radius 1 is 1.15 bits per heavy atom. The lowest BCUT2D eigenvalue weighted by Crippen LogP contribution is -2.42. The Labute approximate surface area is 159 Å². The number of likely N-dealkylation sites (tertiary alicyclic amines) is 1. The number of carbonyl (C=O) groups is 1. The van der Waals surface area contributed by atoms with Gasteiger partial charge in [-0.15, -0.1) is 0 Å². The van der Waals surface area contributed by atoms with Gasteiger partial charge in [-0.25, -0.2) is 15.0 Å². The highest BCUT2D eigenvalue weighted by molar-refractivity contribution is 6.07. The molecule has 3 heterocycles. The molecule has 1 aromatic carbocycles. The molecule has 1 atom stereocenters. The second-order valence-corrected chi connectivity index (χ2v) is 7.39. The molecule has 0 saturated carbocycles. The van der Waals surface area contributed by atoms with Crippen LogP contribution >= 0.6 is 0 Å². The van der Waals surface area contributed by atoms with E-state index in [1.807, 2.05) is 43.0 Å². The largest absolute Gasteiger partial charge is 0.336 e. The van der Waals surface area contributed by atoms with Crippen LogP contribution < -0.4 is 0 Å². The van der Waals surface area contributed by atoms with Crippen LogP contribution in [0, 0.1) is 13.8 Å². The standard InChI is InChI=1S/C22H24N4O/c1-14-7-6-9-18-19(22(27)26-10-5-4-8-15(26)2)11-20(25-21(14)18)17-12-23-16(3)24-13-17/h6-7,9,11-13,15H,4-5,8,10H2,1-3H3. The molecule has 3 aromatic rings. The van der Waals surface area contributed by atoms with Crippen molar-refractivity contribution in [1.29, 1.82) is 0 Å². The van der Waals surface area contributed by atoms with Crippen LogP contribution in [0.5, 0.6) is 0 Å². The molecule has 4 rings (SSSR count). The van der Waals surface area contributed by atoms with Gasteiger partial charge >= 0.3 is 0 Å². The van der Waals surface area contributed by atoms with Crippen molar-refractivity contribution in [3.05, 3.63) is 53.6 Å². The number of aromatic nitrogens is 3. The van der Waals surface area contributed by atoms with Gasteiger partial charge in [0, 0.05) is 35.9 Å². The van der Waals surface area contributed by atoms with Crippen LogP contribution in [0.3, 0.4) is 0 Å². The maximum Gasteiger partial charge on any atom is 0.254 e. The van der Waals surface area contributed by atoms with Gasteiger partial charge < -0.3 is 4.90 Å². The number of rotatable bonds is 2. The molecule has 0 bridgehead atoms. The molecule has 1 aliphatic heterocycles. The predicted molar refractivity (Wildman–Crippen MR) is 107 cm³/mol. The van der Waals surface area contributed by atoms with Crippen molar-refractivity contribution in [2.45, 2.75) is 46.1 Å². The van der Waals surface area contributed by atoms with E-state index in [1.165, 1.54) is 6.42 Å². The number of pyridine rings is 1. The van der Waals surface area contributed by atoms with Gasteiger partial charge in [0.15, 0.2) is 0 Å². The topological polar surface area (TPSA) is 59.0 Å². The first-order valence-corrected chi connectivity index (χ1v) is 9.55. The molecule has 0 N–H and O–H groups in total. The normalized spacial score (nSPS) is 17.3. The average molecular weight is 360 g/mol. The van der Waals surface area contributed by atoms with Crippen LogP contribution in [0.1, 0.15) is 47.9 Å². The number of hydrogen-bond acceptors (Lipinski definition) is 4. The highest BCUT2D eigenvalue weighted by Gasteiger charge is 2.26. The fourth-order valence-electron chi connectivity index (χ4n) is 3.80. The lowest BCUT2D eigenvalue weighted by atomic mass is 9.98. The monoisotopic (exact) mass is 360 g/mol. The number of carbonyl (C=O) groups excluding carboxylic acids is 1. The summed E-state index contributed by atoms with van der Waals surface area (Å²) in [6.07, 6.45) is 6.86. The van der Waals surface area contributed by atoms with Gasteiger partial charge in [0.05, 0.1) is 16.8 Å². The fraction of sp³-hybridized carbons (Fsp3) is 0.364. The van der Waals surface area contributed by atoms with E-state index in [0.29, 0.717) is 11.4 Å². The maximum atomic E-state index is 13.4. The minimum atomic E-state index is 0.0921. The smallest absolute Gasteiger partial charge is 0.254 e. The third-order valence-electron chi connectivity index (χ3n) is 5.41. The third-order valence-corrected chi connectivity index (χ3v) is 5.41. The van der Waals surface area contributed by atoms with Gasteiger partial charge in [-0.05, 0) is 51.7 Å². The van der Waals surface area contributed by atoms with Gasteiger partial charge in [0.25, 0.3) is 5.91 Å². The van der Waals surface area contributed by atoms with Crippen LogP contribution in [0.2, 0.25) is 0 Å². The van der Waals surface area contributed by atoms with Gasteiger partial charge in [-0.1, -0.05) is 18.2 Å². The van der Waals surface area contributed by atoms with Gasteiger partial charge in [-0.3, -0.25) is 4.79 Å². The lowest BCUT2D eigenvalue weighted by molar-refractivity contribution is 0.0637. The molecule has 0 spiro atoms. The minimum absolute atomic E-state index is 0.0921. The number of fused-ring (bicyclic) bond motifs is 1. The Morgan fingerprint density at radius 2 is 1.93 bits per heavy atom. The van der Waals surface area contributed by atoms with Crippen molar-refractivity contribution < 1.29 is 4.79 Å². The van der Waals surface area contributed by atoms with Crippen LogP contribution in [0.15, 0.2) is 36.7 Å². The van der Waals surface area contributed by atoms with Crippen molar-refractivity contribution in [2.24, 2.45) is 0 Å². The Balaban J connectivity index is 1.89. The zero-order chi connectivity index (χ0) is 19.0. The summed E-state index contributed by atoms with van der Waals surface area (Å²) in [6.45, 7) is 6.84. The van der Waals surface area contributed by atoms with E-state index in [-0.39, 0.29) is 11.9 Å². The Morgan fingerprint density at radius 3 is 2.67 bits per heavy atom. The van der Waals surface area contributed by atoms with E-state index in [0.717, 1.165) is 47.1 Å². The quantitative estimate of drug-likeness (QED) is 0.683. The molecule has 5 nitrogen and oxygen atoms in total. The highest BCUT2D eigenvalue weighted by atomic mass is 16.2. The Kier molecular flexibility index (Phi) is 4.60. The van der Waals surface area contributed by atoms with Crippen molar-refractivity contribution in [3.63, 3.8) is 0 Å². The molecule has 1 saturated heterocycles. The SMILES string of the molecule is Cc1ncc(-c2cc(C(=O)N3CCCCC3C)c3cccc(C)c3n2)cn1. The summed E-state index contributed by atoms with van der Waals surface area (Å²) in [5, 5.41) is 0.912. The molecule has 138 valence electrons. The van der Waals surface area contributed by atoms with E-state index in [4.69, 9.17) is 4.98 Å². The van der Waals surface area contributed by atoms with Crippen LogP contribution in [0.25, 0.3) is 22.2 Å². The lowest BCUT2D eigenvalue weighted by Gasteiger charge is -2.33. The van der Waals surface area contributed by atoms with E-state index in [9.17, 15) is 4.79 Å². The molecule has 5 heteroatoms. The van der Waals surface area contributed by atoms with Gasteiger partial charge in [0.1, 0.15) is 5.82 Å². The van der Waals surface area contributed by atoms with Crippen LogP contribution in [0.4, 0.5) is 0 Å². The number of para-hydroxylation sites is 1. The van der Waals surface area contributed by atoms with Crippen LogP contribution in [-0.2, 0) is 0 Å². The molecule has 1 fully saturated rings. The first-order chi connectivity index (χ1) is 13.0. The van der Waals surface area contributed by atoms with Crippen LogP contribution in [-0.4, -0.2) is 38.3 Å². The van der Waals surface area contributed by atoms with Crippen molar-refractivity contribution in [3.8, 4) is 11.3 Å². The van der Waals surface area contributed by atoms with Crippen molar-refractivity contribution in [1.82, 2.24) is 19.9 Å². The number of amides is 1. The Hall–Kier alpha value is -2.82. The summed E-state index contributed by atoms with van der Waals surface area (Å²) in [7, 11) is 0. The zero-order valence-electron chi connectivity index (χ0n) is 16.1. The summed E-state index contributed by atoms with van der Waals surface area (Å²) in [5.74, 6) is 0.809. The molecule has 1 unspecified atom stereocenters. The third kappa shape index (κ3) is 3.29. The molecular formula is C22H24N4O. The van der Waals surface area contributed by atoms with E-state index in [1.54, 1.807) is 12.4 Å². The molecule has 0 radical (unpaired) electrons. The second kappa shape index (κ2) is 7.06. The highest BCUT2D eigenvalue weighted by Crippen LogP contribution is 2.29. The molecule has 1 aliphatic rings. The summed E-state index contributed by atoms with van der Waals surface area (Å²) in [5.41, 5.74) is 4.20. The fourth-order valence-corrected chi connectivity index (χ4v) is 3.80. The first kappa shape index (κ1) is 17.6. The number of benzene rings is 1. The van der Waals surface area contributed by atoms with Gasteiger partial charge in [0.2, 0.25) is 0 Å². The number of nitrogens with zero attached hydrogens (tertiary/aromatic N) is 4. The van der Waals surface area contributed by atoms with Crippen molar-refractivity contribution >= 4 is 16.8 Å². The predicted octanol–water partition coefficient (Wildman–Crippen LogP) is 4.32. The summed E-state index contributed by atoms with van der Waals surface area (Å²) in [4.78, 5) is 28.9. The molecule has 2 aromatic heterocycles. The number of hydrogen-bond donors (Lipinski definition) is 0. The summed E-state index contributed by atoms with van der Waals surface area (Å²) in [6, 6.07) is 8.18. The van der Waals surface area contributed by atoms with E-state index in [2.05, 4.69) is 16.9 Å². The number of aryl methyl sites for hydroxylation is 2. The van der Waals surface area contributed by atoms with Gasteiger partial charge in [-0.2, -0.15) is 0 Å².